The van der Waals surface area contributed by atoms with Gasteiger partial charge in [0, 0.05) is 30.6 Å². The highest BCUT2D eigenvalue weighted by molar-refractivity contribution is 5.91. The first-order valence-electron chi connectivity index (χ1n) is 9.50. The molecule has 0 radical (unpaired) electrons. The fourth-order valence-corrected chi connectivity index (χ4v) is 3.70. The van der Waals surface area contributed by atoms with Gasteiger partial charge in [-0.1, -0.05) is 42.5 Å². The first-order chi connectivity index (χ1) is 12.8. The van der Waals surface area contributed by atoms with Gasteiger partial charge in [-0.2, -0.15) is 0 Å². The molecule has 2 aromatic carbocycles. The summed E-state index contributed by atoms with van der Waals surface area (Å²) in [7, 11) is 0. The van der Waals surface area contributed by atoms with Crippen molar-refractivity contribution in [2.24, 2.45) is 5.92 Å². The first kappa shape index (κ1) is 17.0. The molecule has 0 amide bonds. The summed E-state index contributed by atoms with van der Waals surface area (Å²) in [6.45, 7) is 5.71. The fraction of sp³-hybridized carbons (Fsp3) is 0.364. The van der Waals surface area contributed by atoms with Crippen LogP contribution in [0, 0.1) is 5.92 Å². The smallest absolute Gasteiger partial charge is 0.162 e. The second kappa shape index (κ2) is 7.83. The van der Waals surface area contributed by atoms with E-state index >= 15 is 0 Å². The molecule has 0 aliphatic carbocycles. The van der Waals surface area contributed by atoms with Crippen molar-refractivity contribution in [3.8, 4) is 11.4 Å². The van der Waals surface area contributed by atoms with Gasteiger partial charge >= 0.3 is 0 Å². The average Bonchev–Trinajstić information content (AvgIpc) is 2.72. The molecule has 4 heteroatoms. The maximum absolute atomic E-state index is 5.68. The van der Waals surface area contributed by atoms with Crippen molar-refractivity contribution in [3.05, 3.63) is 54.6 Å². The van der Waals surface area contributed by atoms with E-state index in [4.69, 9.17) is 14.7 Å². The first-order valence-corrected chi connectivity index (χ1v) is 9.50. The van der Waals surface area contributed by atoms with Gasteiger partial charge in [-0.25, -0.2) is 9.97 Å². The molecule has 4 rings (SSSR count). The van der Waals surface area contributed by atoms with Gasteiger partial charge in [-0.15, -0.1) is 0 Å². The van der Waals surface area contributed by atoms with Crippen LogP contribution in [0.5, 0.6) is 0 Å². The number of piperidine rings is 1. The van der Waals surface area contributed by atoms with Crippen molar-refractivity contribution in [2.75, 3.05) is 31.2 Å². The molecule has 2 heterocycles. The van der Waals surface area contributed by atoms with Gasteiger partial charge in [0.25, 0.3) is 0 Å². The standard InChI is InChI=1S/C22H25N3O/c1-2-26-16-17-9-8-14-25(15-17)22-19-12-6-7-13-20(19)23-21(24-22)18-10-4-3-5-11-18/h3-7,10-13,17H,2,8-9,14-16H2,1H3. The SMILES string of the molecule is CCOCC1CCCN(c2nc(-c3ccccc3)nc3ccccc23)C1. The van der Waals surface area contributed by atoms with Gasteiger partial charge in [0.2, 0.25) is 0 Å². The minimum Gasteiger partial charge on any atom is -0.381 e. The summed E-state index contributed by atoms with van der Waals surface area (Å²) in [5, 5.41) is 1.13. The Morgan fingerprint density at radius 3 is 2.69 bits per heavy atom. The van der Waals surface area contributed by atoms with Crippen LogP contribution in [0.1, 0.15) is 19.8 Å². The van der Waals surface area contributed by atoms with E-state index in [1.54, 1.807) is 0 Å². The average molecular weight is 347 g/mol. The van der Waals surface area contributed by atoms with Crippen molar-refractivity contribution in [1.29, 1.82) is 0 Å². The molecule has 1 aliphatic rings. The molecule has 0 N–H and O–H groups in total. The molecule has 1 aliphatic heterocycles. The van der Waals surface area contributed by atoms with Crippen molar-refractivity contribution < 1.29 is 4.74 Å². The summed E-state index contributed by atoms with van der Waals surface area (Å²) in [5.41, 5.74) is 2.06. The lowest BCUT2D eigenvalue weighted by molar-refractivity contribution is 0.104. The van der Waals surface area contributed by atoms with Crippen molar-refractivity contribution in [2.45, 2.75) is 19.8 Å². The maximum Gasteiger partial charge on any atom is 0.162 e. The Labute approximate surface area is 154 Å². The number of ether oxygens (including phenoxy) is 1. The van der Waals surface area contributed by atoms with Crippen LogP contribution in [-0.2, 0) is 4.74 Å². The fourth-order valence-electron chi connectivity index (χ4n) is 3.70. The molecule has 1 atom stereocenters. The second-order valence-electron chi connectivity index (χ2n) is 6.87. The minimum absolute atomic E-state index is 0.567. The third-order valence-corrected chi connectivity index (χ3v) is 4.99. The Kier molecular flexibility index (Phi) is 5.12. The molecule has 1 unspecified atom stereocenters. The molecule has 0 bridgehead atoms. The van der Waals surface area contributed by atoms with E-state index in [2.05, 4.69) is 42.2 Å². The molecular weight excluding hydrogens is 322 g/mol. The number of hydrogen-bond donors (Lipinski definition) is 0. The highest BCUT2D eigenvalue weighted by atomic mass is 16.5. The van der Waals surface area contributed by atoms with Crippen molar-refractivity contribution in [3.63, 3.8) is 0 Å². The van der Waals surface area contributed by atoms with E-state index in [0.717, 1.165) is 54.4 Å². The van der Waals surface area contributed by atoms with Crippen LogP contribution in [0.25, 0.3) is 22.3 Å². The van der Waals surface area contributed by atoms with Crippen molar-refractivity contribution in [1.82, 2.24) is 9.97 Å². The largest absolute Gasteiger partial charge is 0.381 e. The van der Waals surface area contributed by atoms with E-state index in [-0.39, 0.29) is 0 Å². The minimum atomic E-state index is 0.567. The zero-order chi connectivity index (χ0) is 17.8. The Bertz CT molecular complexity index is 866. The van der Waals surface area contributed by atoms with Gasteiger partial charge < -0.3 is 9.64 Å². The molecule has 0 spiro atoms. The predicted octanol–water partition coefficient (Wildman–Crippen LogP) is 4.55. The molecule has 134 valence electrons. The highest BCUT2D eigenvalue weighted by Gasteiger charge is 2.23. The number of hydrogen-bond acceptors (Lipinski definition) is 4. The molecule has 3 aromatic rings. The van der Waals surface area contributed by atoms with E-state index in [0.29, 0.717) is 5.92 Å². The monoisotopic (exact) mass is 347 g/mol. The predicted molar refractivity (Wildman–Crippen MR) is 106 cm³/mol. The lowest BCUT2D eigenvalue weighted by Gasteiger charge is -2.34. The second-order valence-corrected chi connectivity index (χ2v) is 6.87. The van der Waals surface area contributed by atoms with Gasteiger partial charge in [-0.05, 0) is 37.8 Å². The summed E-state index contributed by atoms with van der Waals surface area (Å²) in [5.74, 6) is 2.42. The third kappa shape index (κ3) is 3.56. The Morgan fingerprint density at radius 2 is 1.85 bits per heavy atom. The number of aromatic nitrogens is 2. The van der Waals surface area contributed by atoms with Gasteiger partial charge in [-0.3, -0.25) is 0 Å². The van der Waals surface area contributed by atoms with E-state index in [9.17, 15) is 0 Å². The number of anilines is 1. The van der Waals surface area contributed by atoms with Gasteiger partial charge in [0.1, 0.15) is 5.82 Å². The van der Waals surface area contributed by atoms with E-state index in [1.165, 1.54) is 12.8 Å². The molecular formula is C22H25N3O. The topological polar surface area (TPSA) is 38.2 Å². The van der Waals surface area contributed by atoms with Gasteiger partial charge in [0.05, 0.1) is 12.1 Å². The summed E-state index contributed by atoms with van der Waals surface area (Å²) >= 11 is 0. The number of nitrogens with zero attached hydrogens (tertiary/aromatic N) is 3. The molecule has 4 nitrogen and oxygen atoms in total. The number of benzene rings is 2. The Morgan fingerprint density at radius 1 is 1.04 bits per heavy atom. The van der Waals surface area contributed by atoms with Crippen LogP contribution in [0.15, 0.2) is 54.6 Å². The molecule has 26 heavy (non-hydrogen) atoms. The Hall–Kier alpha value is -2.46. The molecule has 1 aromatic heterocycles. The maximum atomic E-state index is 5.68. The van der Waals surface area contributed by atoms with Crippen LogP contribution < -0.4 is 4.90 Å². The van der Waals surface area contributed by atoms with Crippen LogP contribution in [0.3, 0.4) is 0 Å². The number of para-hydroxylation sites is 1. The zero-order valence-corrected chi connectivity index (χ0v) is 15.3. The lowest BCUT2D eigenvalue weighted by atomic mass is 9.98. The van der Waals surface area contributed by atoms with Crippen LogP contribution in [0.2, 0.25) is 0 Å². The number of rotatable bonds is 5. The summed E-state index contributed by atoms with van der Waals surface area (Å²) in [6.07, 6.45) is 2.40. The molecule has 0 saturated carbocycles. The zero-order valence-electron chi connectivity index (χ0n) is 15.3. The number of fused-ring (bicyclic) bond motifs is 1. The quantitative estimate of drug-likeness (QED) is 0.679. The van der Waals surface area contributed by atoms with Crippen LogP contribution in [0.4, 0.5) is 5.82 Å². The third-order valence-electron chi connectivity index (χ3n) is 4.99. The van der Waals surface area contributed by atoms with E-state index < -0.39 is 0 Å². The van der Waals surface area contributed by atoms with E-state index in [1.807, 2.05) is 24.3 Å². The summed E-state index contributed by atoms with van der Waals surface area (Å²) in [4.78, 5) is 12.2. The highest BCUT2D eigenvalue weighted by Crippen LogP contribution is 2.30. The van der Waals surface area contributed by atoms with Gasteiger partial charge in [0.15, 0.2) is 5.82 Å². The van der Waals surface area contributed by atoms with Crippen molar-refractivity contribution >= 4 is 16.7 Å². The summed E-state index contributed by atoms with van der Waals surface area (Å²) in [6, 6.07) is 18.6. The lowest BCUT2D eigenvalue weighted by Crippen LogP contribution is -2.38. The van der Waals surface area contributed by atoms with Crippen LogP contribution >= 0.6 is 0 Å². The molecule has 1 fully saturated rings. The Balaban J connectivity index is 1.73. The van der Waals surface area contributed by atoms with Crippen LogP contribution in [-0.4, -0.2) is 36.3 Å². The normalized spacial score (nSPS) is 17.6. The molecule has 1 saturated heterocycles. The summed E-state index contributed by atoms with van der Waals surface area (Å²) < 4.78 is 5.68.